The molecule has 4 unspecified atom stereocenters. The molecule has 1 rings (SSSR count). The van der Waals surface area contributed by atoms with E-state index < -0.39 is 31.0 Å². The molecule has 1 aliphatic rings. The minimum absolute atomic E-state index is 0.112. The SMILES string of the molecule is OCC(O)C(O)C(O)C(O)CNC1CCOCC1. The maximum atomic E-state index is 9.67. The minimum atomic E-state index is -1.57. The lowest BCUT2D eigenvalue weighted by Crippen LogP contribution is -2.50. The lowest BCUT2D eigenvalue weighted by Gasteiger charge is -2.28. The Bertz CT molecular complexity index is 224. The largest absolute Gasteiger partial charge is 0.394 e. The van der Waals surface area contributed by atoms with Gasteiger partial charge in [0.05, 0.1) is 12.7 Å². The average Bonchev–Trinajstić information content (AvgIpc) is 2.43. The highest BCUT2D eigenvalue weighted by Crippen LogP contribution is 2.08. The number of rotatable bonds is 7. The second kappa shape index (κ2) is 8.00. The van der Waals surface area contributed by atoms with Crippen LogP contribution in [0.15, 0.2) is 0 Å². The Labute approximate surface area is 106 Å². The predicted octanol–water partition coefficient (Wildman–Crippen LogP) is -2.81. The van der Waals surface area contributed by atoms with Crippen molar-refractivity contribution in [2.45, 2.75) is 43.3 Å². The molecule has 18 heavy (non-hydrogen) atoms. The molecule has 0 aliphatic carbocycles. The number of hydrogen-bond acceptors (Lipinski definition) is 7. The van der Waals surface area contributed by atoms with Crippen LogP contribution in [0.3, 0.4) is 0 Å². The van der Waals surface area contributed by atoms with Gasteiger partial charge in [-0.3, -0.25) is 0 Å². The van der Waals surface area contributed by atoms with E-state index in [4.69, 9.17) is 14.9 Å². The predicted molar refractivity (Wildman–Crippen MR) is 63.0 cm³/mol. The Balaban J connectivity index is 2.27. The number of nitrogens with one attached hydrogen (secondary N) is 1. The van der Waals surface area contributed by atoms with E-state index in [0.29, 0.717) is 13.2 Å². The van der Waals surface area contributed by atoms with Crippen LogP contribution in [0.5, 0.6) is 0 Å². The Hall–Kier alpha value is -0.280. The Kier molecular flexibility index (Phi) is 7.02. The minimum Gasteiger partial charge on any atom is -0.394 e. The van der Waals surface area contributed by atoms with Gasteiger partial charge in [0.2, 0.25) is 0 Å². The fourth-order valence-corrected chi connectivity index (χ4v) is 1.87. The molecule has 1 aliphatic heterocycles. The van der Waals surface area contributed by atoms with Crippen LogP contribution < -0.4 is 5.32 Å². The molecule has 7 heteroatoms. The van der Waals surface area contributed by atoms with Crippen molar-refractivity contribution in [1.29, 1.82) is 0 Å². The summed E-state index contributed by atoms with van der Waals surface area (Å²) in [5.74, 6) is 0. The van der Waals surface area contributed by atoms with E-state index in [1.165, 1.54) is 0 Å². The van der Waals surface area contributed by atoms with E-state index in [1.807, 2.05) is 0 Å². The molecule has 0 spiro atoms. The van der Waals surface area contributed by atoms with Crippen LogP contribution in [0, 0.1) is 0 Å². The Morgan fingerprint density at radius 3 is 2.11 bits per heavy atom. The molecule has 0 saturated carbocycles. The van der Waals surface area contributed by atoms with Crippen LogP contribution in [0.1, 0.15) is 12.8 Å². The van der Waals surface area contributed by atoms with Gasteiger partial charge in [0.15, 0.2) is 0 Å². The zero-order valence-electron chi connectivity index (χ0n) is 10.3. The molecule has 0 amide bonds. The molecular weight excluding hydrogens is 242 g/mol. The van der Waals surface area contributed by atoms with Gasteiger partial charge in [-0.1, -0.05) is 0 Å². The highest BCUT2D eigenvalue weighted by atomic mass is 16.5. The van der Waals surface area contributed by atoms with Crippen LogP contribution in [0.25, 0.3) is 0 Å². The van der Waals surface area contributed by atoms with Crippen molar-refractivity contribution in [3.8, 4) is 0 Å². The van der Waals surface area contributed by atoms with Crippen molar-refractivity contribution < 1.29 is 30.3 Å². The van der Waals surface area contributed by atoms with Gasteiger partial charge in [-0.25, -0.2) is 0 Å². The first-order chi connectivity index (χ1) is 8.56. The molecule has 6 N–H and O–H groups in total. The number of aliphatic hydroxyl groups is 5. The summed E-state index contributed by atoms with van der Waals surface area (Å²) in [6.07, 6.45) is -4.06. The van der Waals surface area contributed by atoms with Crippen molar-refractivity contribution in [2.75, 3.05) is 26.4 Å². The lowest BCUT2D eigenvalue weighted by molar-refractivity contribution is -0.114. The summed E-state index contributed by atoms with van der Waals surface area (Å²) in [5.41, 5.74) is 0. The molecule has 108 valence electrons. The van der Waals surface area contributed by atoms with Crippen LogP contribution in [-0.2, 0) is 4.74 Å². The highest BCUT2D eigenvalue weighted by Gasteiger charge is 2.30. The van der Waals surface area contributed by atoms with Gasteiger partial charge in [0, 0.05) is 25.8 Å². The smallest absolute Gasteiger partial charge is 0.111 e. The van der Waals surface area contributed by atoms with Crippen molar-refractivity contribution in [3.05, 3.63) is 0 Å². The van der Waals surface area contributed by atoms with Gasteiger partial charge >= 0.3 is 0 Å². The van der Waals surface area contributed by atoms with Crippen LogP contribution in [-0.4, -0.2) is 82.4 Å². The summed E-state index contributed by atoms with van der Waals surface area (Å²) >= 11 is 0. The molecule has 1 saturated heterocycles. The normalized spacial score (nSPS) is 24.5. The average molecular weight is 265 g/mol. The maximum absolute atomic E-state index is 9.67. The summed E-state index contributed by atoms with van der Waals surface area (Å²) in [6, 6.07) is 0.223. The second-order valence-electron chi connectivity index (χ2n) is 4.59. The molecule has 0 radical (unpaired) electrons. The molecule has 0 aromatic rings. The Morgan fingerprint density at radius 2 is 1.56 bits per heavy atom. The Morgan fingerprint density at radius 1 is 1.00 bits per heavy atom. The van der Waals surface area contributed by atoms with Gasteiger partial charge in [-0.2, -0.15) is 0 Å². The molecule has 1 fully saturated rings. The van der Waals surface area contributed by atoms with Gasteiger partial charge in [-0.15, -0.1) is 0 Å². The number of aliphatic hydroxyl groups excluding tert-OH is 5. The summed E-state index contributed by atoms with van der Waals surface area (Å²) in [5, 5.41) is 49.5. The van der Waals surface area contributed by atoms with Crippen molar-refractivity contribution in [3.63, 3.8) is 0 Å². The quantitative estimate of drug-likeness (QED) is 0.294. The van der Waals surface area contributed by atoms with Gasteiger partial charge in [-0.05, 0) is 12.8 Å². The van der Waals surface area contributed by atoms with Crippen LogP contribution in [0.4, 0.5) is 0 Å². The van der Waals surface area contributed by atoms with Crippen molar-refractivity contribution in [2.24, 2.45) is 0 Å². The van der Waals surface area contributed by atoms with E-state index in [9.17, 15) is 15.3 Å². The topological polar surface area (TPSA) is 122 Å². The van der Waals surface area contributed by atoms with Crippen molar-refractivity contribution >= 4 is 0 Å². The molecule has 0 aromatic heterocycles. The van der Waals surface area contributed by atoms with Crippen LogP contribution in [0.2, 0.25) is 0 Å². The summed E-state index contributed by atoms with van der Waals surface area (Å²) < 4.78 is 5.19. The summed E-state index contributed by atoms with van der Waals surface area (Å²) in [6.45, 7) is 0.781. The standard InChI is InChI=1S/C11H23NO6/c13-6-9(15)11(17)10(16)8(14)5-12-7-1-3-18-4-2-7/h7-17H,1-6H2. The molecule has 0 bridgehead atoms. The first kappa shape index (κ1) is 15.8. The summed E-state index contributed by atoms with van der Waals surface area (Å²) in [7, 11) is 0. The molecule has 4 atom stereocenters. The fraction of sp³-hybridized carbons (Fsp3) is 1.00. The van der Waals surface area contributed by atoms with Gasteiger partial charge < -0.3 is 35.6 Å². The second-order valence-corrected chi connectivity index (χ2v) is 4.59. The molecule has 7 nitrogen and oxygen atoms in total. The lowest BCUT2D eigenvalue weighted by atomic mass is 10.0. The zero-order valence-corrected chi connectivity index (χ0v) is 10.3. The van der Waals surface area contributed by atoms with E-state index in [-0.39, 0.29) is 12.6 Å². The fourth-order valence-electron chi connectivity index (χ4n) is 1.87. The van der Waals surface area contributed by atoms with Gasteiger partial charge in [0.1, 0.15) is 18.3 Å². The zero-order chi connectivity index (χ0) is 13.5. The monoisotopic (exact) mass is 265 g/mol. The molecular formula is C11H23NO6. The van der Waals surface area contributed by atoms with E-state index in [1.54, 1.807) is 0 Å². The third-order valence-electron chi connectivity index (χ3n) is 3.16. The van der Waals surface area contributed by atoms with E-state index in [2.05, 4.69) is 5.32 Å². The summed E-state index contributed by atoms with van der Waals surface area (Å²) in [4.78, 5) is 0. The molecule has 1 heterocycles. The van der Waals surface area contributed by atoms with E-state index in [0.717, 1.165) is 12.8 Å². The highest BCUT2D eigenvalue weighted by molar-refractivity contribution is 4.83. The van der Waals surface area contributed by atoms with Gasteiger partial charge in [0.25, 0.3) is 0 Å². The third-order valence-corrected chi connectivity index (χ3v) is 3.16. The number of ether oxygens (including phenoxy) is 1. The van der Waals surface area contributed by atoms with Crippen LogP contribution >= 0.6 is 0 Å². The first-order valence-electron chi connectivity index (χ1n) is 6.20. The molecule has 0 aromatic carbocycles. The first-order valence-corrected chi connectivity index (χ1v) is 6.20. The third kappa shape index (κ3) is 4.77. The number of hydrogen-bond donors (Lipinski definition) is 6. The van der Waals surface area contributed by atoms with Crippen molar-refractivity contribution in [1.82, 2.24) is 5.32 Å². The van der Waals surface area contributed by atoms with E-state index >= 15 is 0 Å². The maximum Gasteiger partial charge on any atom is 0.111 e.